The van der Waals surface area contributed by atoms with E-state index in [-0.39, 0.29) is 11.2 Å². The fourth-order valence-corrected chi connectivity index (χ4v) is 2.54. The van der Waals surface area contributed by atoms with Gasteiger partial charge in [0, 0.05) is 13.2 Å². The number of hydrogen-bond donors (Lipinski definition) is 0. The number of ether oxygens (including phenoxy) is 1. The molecule has 1 aliphatic heterocycles. The van der Waals surface area contributed by atoms with E-state index < -0.39 is 0 Å². The van der Waals surface area contributed by atoms with Crippen LogP contribution >= 0.6 is 0 Å². The number of hydrogen-bond acceptors (Lipinski definition) is 2. The van der Waals surface area contributed by atoms with Gasteiger partial charge in [-0.3, -0.25) is 4.79 Å². The summed E-state index contributed by atoms with van der Waals surface area (Å²) in [4.78, 5) is 12.5. The molecule has 18 heavy (non-hydrogen) atoms. The molecule has 0 spiro atoms. The maximum Gasteiger partial charge on any atom is 0.155 e. The monoisotopic (exact) mass is 242 g/mol. The summed E-state index contributed by atoms with van der Waals surface area (Å²) in [6.45, 7) is 3.08. The first-order valence-electron chi connectivity index (χ1n) is 6.36. The van der Waals surface area contributed by atoms with Crippen LogP contribution in [0.1, 0.15) is 31.7 Å². The van der Waals surface area contributed by atoms with E-state index in [9.17, 15) is 4.79 Å². The first-order valence-corrected chi connectivity index (χ1v) is 6.36. The summed E-state index contributed by atoms with van der Waals surface area (Å²) in [7, 11) is 0. The minimum atomic E-state index is -0.386. The van der Waals surface area contributed by atoms with Gasteiger partial charge in [0.05, 0.1) is 11.8 Å². The van der Waals surface area contributed by atoms with Crippen molar-refractivity contribution in [3.63, 3.8) is 0 Å². The first kappa shape index (κ1) is 12.9. The van der Waals surface area contributed by atoms with Gasteiger partial charge in [-0.25, -0.2) is 0 Å². The largest absolute Gasteiger partial charge is 0.381 e. The molecule has 0 amide bonds. The average Bonchev–Trinajstić information content (AvgIpc) is 2.46. The zero-order chi connectivity index (χ0) is 12.8. The summed E-state index contributed by atoms with van der Waals surface area (Å²) in [5.41, 5.74) is 0.722. The quantitative estimate of drug-likeness (QED) is 0.762. The molecule has 1 aromatic carbocycles. The van der Waals surface area contributed by atoms with Gasteiger partial charge in [-0.15, -0.1) is 5.92 Å². The summed E-state index contributed by atoms with van der Waals surface area (Å²) in [5.74, 6) is 5.93. The van der Waals surface area contributed by atoms with Crippen LogP contribution < -0.4 is 0 Å². The van der Waals surface area contributed by atoms with E-state index in [2.05, 4.69) is 11.8 Å². The van der Waals surface area contributed by atoms with Crippen LogP contribution in [0, 0.1) is 11.8 Å². The SMILES string of the molecule is CC#CCC(=O)C1(c2ccccc2)CCOCC1. The Kier molecular flexibility index (Phi) is 4.17. The van der Waals surface area contributed by atoms with Crippen molar-refractivity contribution in [3.8, 4) is 11.8 Å². The van der Waals surface area contributed by atoms with Crippen LogP contribution in [-0.2, 0) is 14.9 Å². The average molecular weight is 242 g/mol. The lowest BCUT2D eigenvalue weighted by atomic mass is 9.70. The molecule has 0 bridgehead atoms. The van der Waals surface area contributed by atoms with Crippen LogP contribution in [0.3, 0.4) is 0 Å². The van der Waals surface area contributed by atoms with Gasteiger partial charge in [-0.2, -0.15) is 0 Å². The molecule has 0 aromatic heterocycles. The third-order valence-corrected chi connectivity index (χ3v) is 3.63. The number of carbonyl (C=O) groups excluding carboxylic acids is 1. The van der Waals surface area contributed by atoms with Crippen molar-refractivity contribution >= 4 is 5.78 Å². The number of ketones is 1. The highest BCUT2D eigenvalue weighted by molar-refractivity contribution is 5.92. The molecule has 1 aromatic rings. The van der Waals surface area contributed by atoms with E-state index in [0.29, 0.717) is 19.6 Å². The number of carbonyl (C=O) groups is 1. The molecule has 2 heteroatoms. The Morgan fingerprint density at radius 2 is 1.94 bits per heavy atom. The lowest BCUT2D eigenvalue weighted by Gasteiger charge is -2.36. The third kappa shape index (κ3) is 2.47. The third-order valence-electron chi connectivity index (χ3n) is 3.63. The molecule has 1 aliphatic rings. The summed E-state index contributed by atoms with van der Waals surface area (Å²) < 4.78 is 5.41. The highest BCUT2D eigenvalue weighted by Gasteiger charge is 2.40. The standard InChI is InChI=1S/C16H18O2/c1-2-3-9-15(17)16(10-12-18-13-11-16)14-7-5-4-6-8-14/h4-8H,9-13H2,1H3. The van der Waals surface area contributed by atoms with E-state index in [1.165, 1.54) is 0 Å². The van der Waals surface area contributed by atoms with Gasteiger partial charge in [0.2, 0.25) is 0 Å². The molecule has 0 saturated carbocycles. The van der Waals surface area contributed by atoms with Crippen molar-refractivity contribution in [3.05, 3.63) is 35.9 Å². The van der Waals surface area contributed by atoms with Crippen molar-refractivity contribution in [1.82, 2.24) is 0 Å². The molecule has 2 rings (SSSR count). The number of Topliss-reactive ketones (excluding diaryl/α,β-unsaturated/α-hetero) is 1. The van der Waals surface area contributed by atoms with E-state index >= 15 is 0 Å². The van der Waals surface area contributed by atoms with Crippen LogP contribution in [0.4, 0.5) is 0 Å². The fraction of sp³-hybridized carbons (Fsp3) is 0.438. The van der Waals surface area contributed by atoms with Gasteiger partial charge >= 0.3 is 0 Å². The summed E-state index contributed by atoms with van der Waals surface area (Å²) >= 11 is 0. The predicted molar refractivity (Wildman–Crippen MR) is 71.2 cm³/mol. The van der Waals surface area contributed by atoms with Gasteiger partial charge in [-0.1, -0.05) is 36.3 Å². The Hall–Kier alpha value is -1.59. The summed E-state index contributed by atoms with van der Waals surface area (Å²) in [6.07, 6.45) is 1.87. The highest BCUT2D eigenvalue weighted by Crippen LogP contribution is 2.36. The molecule has 0 radical (unpaired) electrons. The van der Waals surface area contributed by atoms with Gasteiger partial charge in [-0.05, 0) is 25.3 Å². The molecule has 0 unspecified atom stereocenters. The zero-order valence-electron chi connectivity index (χ0n) is 10.7. The van der Waals surface area contributed by atoms with Crippen molar-refractivity contribution < 1.29 is 9.53 Å². The Balaban J connectivity index is 2.33. The van der Waals surface area contributed by atoms with Gasteiger partial charge in [0.15, 0.2) is 5.78 Å². The van der Waals surface area contributed by atoms with Crippen molar-refractivity contribution in [2.24, 2.45) is 0 Å². The van der Waals surface area contributed by atoms with Crippen LogP contribution in [-0.4, -0.2) is 19.0 Å². The Morgan fingerprint density at radius 3 is 2.56 bits per heavy atom. The number of rotatable bonds is 3. The predicted octanol–water partition coefficient (Wildman–Crippen LogP) is 2.72. The lowest BCUT2D eigenvalue weighted by Crippen LogP contribution is -2.41. The van der Waals surface area contributed by atoms with Gasteiger partial charge < -0.3 is 4.74 Å². The topological polar surface area (TPSA) is 26.3 Å². The van der Waals surface area contributed by atoms with Gasteiger partial charge in [0.1, 0.15) is 0 Å². The Bertz CT molecular complexity index is 459. The smallest absolute Gasteiger partial charge is 0.155 e. The Morgan fingerprint density at radius 1 is 1.28 bits per heavy atom. The molecule has 94 valence electrons. The van der Waals surface area contributed by atoms with E-state index in [1.54, 1.807) is 6.92 Å². The lowest BCUT2D eigenvalue weighted by molar-refractivity contribution is -0.127. The Labute approximate surface area is 108 Å². The van der Waals surface area contributed by atoms with E-state index in [4.69, 9.17) is 4.74 Å². The van der Waals surface area contributed by atoms with Crippen molar-refractivity contribution in [1.29, 1.82) is 0 Å². The summed E-state index contributed by atoms with van der Waals surface area (Å²) in [6, 6.07) is 10.1. The van der Waals surface area contributed by atoms with Gasteiger partial charge in [0.25, 0.3) is 0 Å². The van der Waals surface area contributed by atoms with E-state index in [1.807, 2.05) is 30.3 Å². The molecule has 1 fully saturated rings. The molecule has 1 saturated heterocycles. The molecule has 0 aliphatic carbocycles. The maximum absolute atomic E-state index is 12.5. The fourth-order valence-electron chi connectivity index (χ4n) is 2.54. The van der Waals surface area contributed by atoms with Crippen molar-refractivity contribution in [2.45, 2.75) is 31.6 Å². The zero-order valence-corrected chi connectivity index (χ0v) is 10.7. The molecular formula is C16H18O2. The minimum absolute atomic E-state index is 0.228. The van der Waals surface area contributed by atoms with Crippen LogP contribution in [0.25, 0.3) is 0 Å². The second-order valence-electron chi connectivity index (χ2n) is 4.59. The second-order valence-corrected chi connectivity index (χ2v) is 4.59. The summed E-state index contributed by atoms with van der Waals surface area (Å²) in [5, 5.41) is 0. The molecule has 2 nitrogen and oxygen atoms in total. The highest BCUT2D eigenvalue weighted by atomic mass is 16.5. The van der Waals surface area contributed by atoms with Crippen LogP contribution in [0.5, 0.6) is 0 Å². The van der Waals surface area contributed by atoms with Crippen molar-refractivity contribution in [2.75, 3.05) is 13.2 Å². The van der Waals surface area contributed by atoms with E-state index in [0.717, 1.165) is 18.4 Å². The second kappa shape index (κ2) is 5.84. The van der Waals surface area contributed by atoms with Crippen LogP contribution in [0.15, 0.2) is 30.3 Å². The molecule has 0 atom stereocenters. The maximum atomic E-state index is 12.5. The van der Waals surface area contributed by atoms with Crippen LogP contribution in [0.2, 0.25) is 0 Å². The normalized spacial score (nSPS) is 17.6. The molecule has 0 N–H and O–H groups in total. The molecular weight excluding hydrogens is 224 g/mol. The minimum Gasteiger partial charge on any atom is -0.381 e. The first-order chi connectivity index (χ1) is 8.79. The number of benzene rings is 1. The molecule has 1 heterocycles.